The van der Waals surface area contributed by atoms with Crippen LogP contribution in [-0.2, 0) is 62.0 Å². The van der Waals surface area contributed by atoms with Gasteiger partial charge in [-0.25, -0.2) is 9.55 Å². The Kier molecular flexibility index (Phi) is 25.3. The van der Waals surface area contributed by atoms with Gasteiger partial charge in [0.1, 0.15) is 24.2 Å². The third kappa shape index (κ3) is 22.2. The van der Waals surface area contributed by atoms with Crippen LogP contribution in [0.5, 0.6) is 0 Å². The van der Waals surface area contributed by atoms with Crippen molar-refractivity contribution in [1.29, 1.82) is 0 Å². The molecule has 22 heteroatoms. The van der Waals surface area contributed by atoms with E-state index < -0.39 is 79.8 Å². The average Bonchev–Trinajstić information content (AvgIpc) is 3.69. The molecule has 1 aromatic carbocycles. The maximum atomic E-state index is 14.1. The number of phosphoric ester groups is 1. The molecule has 0 radical (unpaired) electrons. The number of phosphoric acid groups is 1. The maximum Gasteiger partial charge on any atom is 0.469 e. The summed E-state index contributed by atoms with van der Waals surface area (Å²) in [5, 5.41) is 29.6. The number of rotatable bonds is 33. The number of aliphatic hydroxyl groups excluding tert-OH is 2. The number of hydrogen-bond donors (Lipinski definition) is 9. The summed E-state index contributed by atoms with van der Waals surface area (Å²) in [5.41, 5.74) is 6.35. The first-order valence-corrected chi connectivity index (χ1v) is 24.0. The molecule has 0 spiro atoms. The minimum atomic E-state index is -5.13. The van der Waals surface area contributed by atoms with Crippen molar-refractivity contribution < 1.29 is 62.6 Å². The van der Waals surface area contributed by atoms with E-state index in [1.807, 2.05) is 43.5 Å². The molecule has 0 aliphatic rings. The number of nitrogens with two attached hydrogens (primary N) is 1. The van der Waals surface area contributed by atoms with E-state index in [0.717, 1.165) is 45.4 Å². The lowest BCUT2D eigenvalue weighted by Crippen LogP contribution is -2.61. The molecule has 1 aromatic heterocycles. The van der Waals surface area contributed by atoms with Gasteiger partial charge in [0.15, 0.2) is 0 Å². The fourth-order valence-electron chi connectivity index (χ4n) is 6.91. The molecule has 6 amide bonds. The number of aromatic nitrogens is 2. The van der Waals surface area contributed by atoms with Crippen LogP contribution in [0.4, 0.5) is 0 Å². The molecule has 5 atom stereocenters. The van der Waals surface area contributed by atoms with Gasteiger partial charge in [0.25, 0.3) is 0 Å². The Balaban J connectivity index is 2.30. The fourth-order valence-corrected chi connectivity index (χ4v) is 7.47. The van der Waals surface area contributed by atoms with Gasteiger partial charge in [0.05, 0.1) is 50.8 Å². The zero-order valence-corrected chi connectivity index (χ0v) is 40.0. The fraction of sp³-hybridized carbons (Fsp3) is 0.659. The minimum Gasteiger partial charge on any atom is -0.394 e. The summed E-state index contributed by atoms with van der Waals surface area (Å²) in [5.74, 6) is -5.22. The predicted octanol–water partition coefficient (Wildman–Crippen LogP) is 0.996. The molecular formula is C44H73N8O13P. The van der Waals surface area contributed by atoms with E-state index in [2.05, 4.69) is 42.9 Å². The highest BCUT2D eigenvalue weighted by Gasteiger charge is 2.35. The number of ether oxygens (including phenoxy) is 1. The number of unbranched alkanes of at least 4 members (excludes halogenated alkanes) is 4. The number of imidazole rings is 1. The van der Waals surface area contributed by atoms with E-state index in [-0.39, 0.29) is 57.4 Å². The summed E-state index contributed by atoms with van der Waals surface area (Å²) >= 11 is 0. The molecule has 0 unspecified atom stereocenters. The first-order valence-electron chi connectivity index (χ1n) is 22.5. The van der Waals surface area contributed by atoms with Crippen LogP contribution in [-0.4, -0.2) is 139 Å². The van der Waals surface area contributed by atoms with Crippen molar-refractivity contribution in [3.8, 4) is 0 Å². The van der Waals surface area contributed by atoms with Crippen LogP contribution in [0.1, 0.15) is 104 Å². The molecule has 0 fully saturated rings. The normalized spacial score (nSPS) is 14.1. The Labute approximate surface area is 387 Å². The van der Waals surface area contributed by atoms with Gasteiger partial charge in [0, 0.05) is 31.4 Å². The number of primary amides is 1. The van der Waals surface area contributed by atoms with Crippen molar-refractivity contribution in [1.82, 2.24) is 35.7 Å². The summed E-state index contributed by atoms with van der Waals surface area (Å²) in [6.07, 6.45) is 7.81. The molecular weight excluding hydrogens is 880 g/mol. The highest BCUT2D eigenvalue weighted by atomic mass is 31.2. The number of nitrogens with zero attached hydrogens (tertiary/aromatic N) is 3. The molecule has 0 aliphatic carbocycles. The number of carbonyl (C=O) groups is 6. The molecule has 10 N–H and O–H groups in total. The molecule has 2 aromatic rings. The highest BCUT2D eigenvalue weighted by Crippen LogP contribution is 2.38. The molecule has 1 heterocycles. The highest BCUT2D eigenvalue weighted by molar-refractivity contribution is 7.46. The molecule has 2 rings (SSSR count). The van der Waals surface area contributed by atoms with E-state index >= 15 is 0 Å². The van der Waals surface area contributed by atoms with Gasteiger partial charge in [-0.3, -0.25) is 33.3 Å². The zero-order valence-electron chi connectivity index (χ0n) is 39.1. The summed E-state index contributed by atoms with van der Waals surface area (Å²) in [7, 11) is -5.13. The second kappa shape index (κ2) is 29.1. The van der Waals surface area contributed by atoms with Crippen LogP contribution in [0.3, 0.4) is 0 Å². The molecule has 372 valence electrons. The lowest BCUT2D eigenvalue weighted by molar-refractivity contribution is -0.139. The van der Waals surface area contributed by atoms with Crippen LogP contribution in [0.15, 0.2) is 42.9 Å². The van der Waals surface area contributed by atoms with E-state index in [1.165, 1.54) is 16.7 Å². The van der Waals surface area contributed by atoms with Crippen molar-refractivity contribution >= 4 is 43.3 Å². The second-order valence-electron chi connectivity index (χ2n) is 17.4. The molecule has 0 saturated heterocycles. The number of carbonyl (C=O) groups excluding carboxylic acids is 6. The second-order valence-corrected chi connectivity index (χ2v) is 18.6. The number of amides is 6. The number of hydrogen-bond acceptors (Lipinski definition) is 12. The van der Waals surface area contributed by atoms with Crippen molar-refractivity contribution in [2.24, 2.45) is 11.7 Å². The van der Waals surface area contributed by atoms with Gasteiger partial charge in [-0.1, -0.05) is 70.4 Å². The monoisotopic (exact) mass is 953 g/mol. The van der Waals surface area contributed by atoms with Crippen molar-refractivity contribution in [3.63, 3.8) is 0 Å². The standard InChI is InChI=1S/C44H73N8O13P/c1-7-20-51(38(56)19-22-64-44(5,6)28-54)26-37(55)47-34(23-30(2)3)41(58)48-35(42(59)49-36(27-53)43(60)50-39(40(45)57)31(4)65-66(61,62)63)24-33-25-46-29-52(33)21-15-10-8-9-12-16-32-17-13-11-14-18-32/h11,13-14,17-18,25,29-31,34-36,39,53-54H,7-10,12,15-16,19-24,26-28H2,1-6H3,(H2,45,57)(H,47,55)(H,48,58)(H,49,59)(H,50,60)(H2,61,62,63)/t31-,34+,35+,36+,39+/m1/s1. The number of nitrogens with one attached hydrogen (secondary N) is 4. The van der Waals surface area contributed by atoms with E-state index in [1.54, 1.807) is 20.2 Å². The summed E-state index contributed by atoms with van der Waals surface area (Å²) in [4.78, 5) is 104. The van der Waals surface area contributed by atoms with Gasteiger partial charge in [-0.2, -0.15) is 0 Å². The summed E-state index contributed by atoms with van der Waals surface area (Å²) in [6, 6.07) is 4.10. The first-order chi connectivity index (χ1) is 31.1. The first kappa shape index (κ1) is 57.4. The molecule has 66 heavy (non-hydrogen) atoms. The Hall–Kier alpha value is -4.76. The minimum absolute atomic E-state index is 0.0127. The molecule has 0 bridgehead atoms. The van der Waals surface area contributed by atoms with Gasteiger partial charge in [-0.05, 0) is 64.4 Å². The topological polar surface area (TPSA) is 314 Å². The Morgan fingerprint density at radius 3 is 2.11 bits per heavy atom. The Morgan fingerprint density at radius 1 is 0.879 bits per heavy atom. The Morgan fingerprint density at radius 2 is 1.50 bits per heavy atom. The van der Waals surface area contributed by atoms with Crippen LogP contribution >= 0.6 is 7.82 Å². The summed E-state index contributed by atoms with van der Waals surface area (Å²) in [6.45, 7) is 9.10. The SMILES string of the molecule is CCCN(CC(=O)N[C@@H](CC(C)C)C(=O)N[C@@H](Cc1cncn1CCCCCCCc1ccccc1)C(=O)N[C@@H](CO)C(=O)N[C@H](C(N)=O)[C@@H](C)OP(=O)(O)O)C(=O)CCOC(C)(C)CO. The van der Waals surface area contributed by atoms with Crippen molar-refractivity contribution in [3.05, 3.63) is 54.1 Å². The number of aliphatic hydroxyl groups is 2. The van der Waals surface area contributed by atoms with Gasteiger partial charge < -0.3 is 61.2 Å². The van der Waals surface area contributed by atoms with Crippen molar-refractivity contribution in [2.75, 3.05) is 32.9 Å². The smallest absolute Gasteiger partial charge is 0.394 e. The summed E-state index contributed by atoms with van der Waals surface area (Å²) < 4.78 is 23.4. The zero-order chi connectivity index (χ0) is 49.5. The quantitative estimate of drug-likeness (QED) is 0.0356. The van der Waals surface area contributed by atoms with E-state index in [0.29, 0.717) is 18.7 Å². The van der Waals surface area contributed by atoms with Crippen LogP contribution in [0.2, 0.25) is 0 Å². The molecule has 21 nitrogen and oxygen atoms in total. The largest absolute Gasteiger partial charge is 0.469 e. The lowest BCUT2D eigenvalue weighted by Gasteiger charge is -2.28. The van der Waals surface area contributed by atoms with Crippen molar-refractivity contribution in [2.45, 2.75) is 148 Å². The predicted molar refractivity (Wildman–Crippen MR) is 244 cm³/mol. The number of aryl methyl sites for hydroxylation is 2. The maximum absolute atomic E-state index is 14.1. The van der Waals surface area contributed by atoms with E-state index in [9.17, 15) is 53.3 Å². The van der Waals surface area contributed by atoms with Gasteiger partial charge in [0.2, 0.25) is 35.4 Å². The third-order valence-electron chi connectivity index (χ3n) is 10.5. The molecule has 0 saturated carbocycles. The van der Waals surface area contributed by atoms with Crippen LogP contribution in [0, 0.1) is 5.92 Å². The van der Waals surface area contributed by atoms with Gasteiger partial charge in [-0.15, -0.1) is 0 Å². The average molecular weight is 953 g/mol. The number of benzene rings is 1. The Bertz CT molecular complexity index is 1880. The van der Waals surface area contributed by atoms with Gasteiger partial charge >= 0.3 is 7.82 Å². The third-order valence-corrected chi connectivity index (χ3v) is 11.1. The van der Waals surface area contributed by atoms with Crippen LogP contribution in [0.25, 0.3) is 0 Å². The van der Waals surface area contributed by atoms with Crippen LogP contribution < -0.4 is 27.0 Å². The molecule has 0 aliphatic heterocycles. The lowest BCUT2D eigenvalue weighted by atomic mass is 10.0. The van der Waals surface area contributed by atoms with E-state index in [4.69, 9.17) is 10.5 Å².